The van der Waals surface area contributed by atoms with Crippen LogP contribution in [-0.2, 0) is 14.2 Å². The highest BCUT2D eigenvalue weighted by molar-refractivity contribution is 5.93. The third-order valence-electron chi connectivity index (χ3n) is 5.05. The third kappa shape index (κ3) is 3.75. The van der Waals surface area contributed by atoms with E-state index in [4.69, 9.17) is 14.2 Å². The number of amides is 1. The summed E-state index contributed by atoms with van der Waals surface area (Å²) in [5.41, 5.74) is 0.411. The van der Waals surface area contributed by atoms with Crippen LogP contribution in [0.4, 0.5) is 5.82 Å². The number of aromatic nitrogens is 2. The van der Waals surface area contributed by atoms with E-state index in [0.29, 0.717) is 57.2 Å². The summed E-state index contributed by atoms with van der Waals surface area (Å²) in [4.78, 5) is 22.9. The number of ether oxygens (including phenoxy) is 3. The fraction of sp³-hybridized carbons (Fsp3) is 0.706. The molecule has 1 N–H and O–H groups in total. The Bertz CT molecular complexity index is 604. The monoisotopic (exact) mass is 348 g/mol. The van der Waals surface area contributed by atoms with E-state index >= 15 is 0 Å². The second-order valence-electron chi connectivity index (χ2n) is 6.70. The van der Waals surface area contributed by atoms with Crippen LogP contribution in [0.25, 0.3) is 0 Å². The topological polar surface area (TPSA) is 85.8 Å². The minimum Gasteiger partial charge on any atom is -0.376 e. The van der Waals surface area contributed by atoms with Gasteiger partial charge in [0.05, 0.1) is 19.3 Å². The molecule has 8 nitrogen and oxygen atoms in total. The third-order valence-corrected chi connectivity index (χ3v) is 5.05. The molecule has 1 spiro atoms. The van der Waals surface area contributed by atoms with Gasteiger partial charge in [0, 0.05) is 45.1 Å². The van der Waals surface area contributed by atoms with Crippen LogP contribution < -0.4 is 5.32 Å². The highest BCUT2D eigenvalue weighted by atomic mass is 16.7. The fourth-order valence-corrected chi connectivity index (χ4v) is 3.59. The van der Waals surface area contributed by atoms with Crippen molar-refractivity contribution in [1.29, 1.82) is 0 Å². The standard InChI is InChI=1S/C17H24N4O4/c22-16(21-5-3-17(4-6-21)24-8-9-25-17)14-10-15(20-12-19-14)18-11-13-2-1-7-23-13/h10,12-13H,1-9,11H2,(H,18,19,20). The number of likely N-dealkylation sites (tertiary alicyclic amines) is 1. The molecular formula is C17H24N4O4. The van der Waals surface area contributed by atoms with Crippen LogP contribution >= 0.6 is 0 Å². The van der Waals surface area contributed by atoms with E-state index in [1.54, 1.807) is 6.07 Å². The van der Waals surface area contributed by atoms with Gasteiger partial charge in [-0.2, -0.15) is 0 Å². The van der Waals surface area contributed by atoms with Crippen molar-refractivity contribution in [2.75, 3.05) is 44.8 Å². The van der Waals surface area contributed by atoms with Gasteiger partial charge in [-0.1, -0.05) is 0 Å². The molecule has 136 valence electrons. The Balaban J connectivity index is 1.34. The number of nitrogens with zero attached hydrogens (tertiary/aromatic N) is 3. The van der Waals surface area contributed by atoms with Gasteiger partial charge in [-0.05, 0) is 12.8 Å². The Labute approximate surface area is 146 Å². The molecule has 1 unspecified atom stereocenters. The molecule has 0 aliphatic carbocycles. The molecule has 0 radical (unpaired) electrons. The molecule has 3 aliphatic rings. The van der Waals surface area contributed by atoms with Crippen LogP contribution in [0.2, 0.25) is 0 Å². The van der Waals surface area contributed by atoms with Crippen LogP contribution in [0.5, 0.6) is 0 Å². The first kappa shape index (κ1) is 16.7. The molecule has 1 aromatic rings. The molecule has 3 aliphatic heterocycles. The van der Waals surface area contributed by atoms with Gasteiger partial charge in [-0.25, -0.2) is 9.97 Å². The Morgan fingerprint density at radius 1 is 1.24 bits per heavy atom. The molecule has 4 heterocycles. The highest BCUT2D eigenvalue weighted by Crippen LogP contribution is 2.31. The van der Waals surface area contributed by atoms with E-state index in [1.165, 1.54) is 6.33 Å². The molecule has 8 heteroatoms. The summed E-state index contributed by atoms with van der Waals surface area (Å²) in [6, 6.07) is 1.71. The fourth-order valence-electron chi connectivity index (χ4n) is 3.59. The lowest BCUT2D eigenvalue weighted by molar-refractivity contribution is -0.181. The van der Waals surface area contributed by atoms with E-state index in [-0.39, 0.29) is 12.0 Å². The number of carbonyl (C=O) groups excluding carboxylic acids is 1. The first-order valence-electron chi connectivity index (χ1n) is 8.99. The van der Waals surface area contributed by atoms with E-state index in [1.807, 2.05) is 4.90 Å². The Morgan fingerprint density at radius 3 is 2.76 bits per heavy atom. The Kier molecular flexibility index (Phi) is 4.82. The van der Waals surface area contributed by atoms with E-state index in [2.05, 4.69) is 15.3 Å². The zero-order valence-corrected chi connectivity index (χ0v) is 14.3. The van der Waals surface area contributed by atoms with Crippen LogP contribution in [0.15, 0.2) is 12.4 Å². The quantitative estimate of drug-likeness (QED) is 0.870. The zero-order chi connectivity index (χ0) is 17.1. The summed E-state index contributed by atoms with van der Waals surface area (Å²) < 4.78 is 17.0. The average Bonchev–Trinajstić information content (AvgIpc) is 3.33. The number of carbonyl (C=O) groups is 1. The number of hydrogen-bond donors (Lipinski definition) is 1. The largest absolute Gasteiger partial charge is 0.376 e. The maximum absolute atomic E-state index is 12.7. The summed E-state index contributed by atoms with van der Waals surface area (Å²) in [5, 5.41) is 3.24. The van der Waals surface area contributed by atoms with Crippen molar-refractivity contribution < 1.29 is 19.0 Å². The van der Waals surface area contributed by atoms with Gasteiger partial charge in [0.15, 0.2) is 5.79 Å². The van der Waals surface area contributed by atoms with Crippen molar-refractivity contribution in [3.63, 3.8) is 0 Å². The maximum atomic E-state index is 12.7. The number of anilines is 1. The van der Waals surface area contributed by atoms with E-state index < -0.39 is 5.79 Å². The lowest BCUT2D eigenvalue weighted by Crippen LogP contribution is -2.47. The van der Waals surface area contributed by atoms with Gasteiger partial charge in [0.2, 0.25) is 0 Å². The van der Waals surface area contributed by atoms with E-state index in [0.717, 1.165) is 19.4 Å². The van der Waals surface area contributed by atoms with Crippen molar-refractivity contribution in [3.05, 3.63) is 18.1 Å². The van der Waals surface area contributed by atoms with Crippen LogP contribution in [0.1, 0.15) is 36.2 Å². The smallest absolute Gasteiger partial charge is 0.272 e. The first-order chi connectivity index (χ1) is 12.2. The van der Waals surface area contributed by atoms with Crippen molar-refractivity contribution in [1.82, 2.24) is 14.9 Å². The molecular weight excluding hydrogens is 324 g/mol. The predicted octanol–water partition coefficient (Wildman–Crippen LogP) is 1.05. The number of piperidine rings is 1. The van der Waals surface area contributed by atoms with Gasteiger partial charge in [-0.15, -0.1) is 0 Å². The molecule has 0 bridgehead atoms. The molecule has 3 fully saturated rings. The first-order valence-corrected chi connectivity index (χ1v) is 8.99. The molecule has 0 aromatic carbocycles. The average molecular weight is 348 g/mol. The SMILES string of the molecule is O=C(c1cc(NCC2CCCO2)ncn1)N1CCC2(CC1)OCCO2. The van der Waals surface area contributed by atoms with Gasteiger partial charge in [0.25, 0.3) is 5.91 Å². The van der Waals surface area contributed by atoms with Gasteiger partial charge in [0.1, 0.15) is 17.8 Å². The van der Waals surface area contributed by atoms with Crippen molar-refractivity contribution in [3.8, 4) is 0 Å². The van der Waals surface area contributed by atoms with Crippen LogP contribution in [0.3, 0.4) is 0 Å². The molecule has 0 saturated carbocycles. The number of rotatable bonds is 4. The van der Waals surface area contributed by atoms with Gasteiger partial charge >= 0.3 is 0 Å². The predicted molar refractivity (Wildman–Crippen MR) is 89.3 cm³/mol. The van der Waals surface area contributed by atoms with Crippen LogP contribution in [0, 0.1) is 0 Å². The second-order valence-corrected chi connectivity index (χ2v) is 6.70. The Morgan fingerprint density at radius 2 is 2.04 bits per heavy atom. The van der Waals surface area contributed by atoms with Gasteiger partial charge in [-0.3, -0.25) is 4.79 Å². The molecule has 3 saturated heterocycles. The summed E-state index contributed by atoms with van der Waals surface area (Å²) in [5.74, 6) is 0.108. The molecule has 4 rings (SSSR count). The zero-order valence-electron chi connectivity index (χ0n) is 14.3. The van der Waals surface area contributed by atoms with Gasteiger partial charge < -0.3 is 24.4 Å². The lowest BCUT2D eigenvalue weighted by atomic mass is 10.0. The summed E-state index contributed by atoms with van der Waals surface area (Å²) in [6.07, 6.45) is 5.22. The highest BCUT2D eigenvalue weighted by Gasteiger charge is 2.41. The van der Waals surface area contributed by atoms with Crippen LogP contribution in [-0.4, -0.2) is 72.1 Å². The molecule has 1 amide bonds. The lowest BCUT2D eigenvalue weighted by Gasteiger charge is -2.37. The normalized spacial score (nSPS) is 25.4. The minimum absolute atomic E-state index is 0.0737. The number of nitrogens with one attached hydrogen (secondary N) is 1. The van der Waals surface area contributed by atoms with Crippen molar-refractivity contribution >= 4 is 11.7 Å². The minimum atomic E-state index is -0.476. The molecule has 1 atom stereocenters. The molecule has 1 aromatic heterocycles. The van der Waals surface area contributed by atoms with Crippen molar-refractivity contribution in [2.45, 2.75) is 37.6 Å². The summed E-state index contributed by atoms with van der Waals surface area (Å²) in [6.45, 7) is 4.03. The second kappa shape index (κ2) is 7.23. The maximum Gasteiger partial charge on any atom is 0.272 e. The Hall–Kier alpha value is -1.77. The van der Waals surface area contributed by atoms with E-state index in [9.17, 15) is 4.79 Å². The number of hydrogen-bond acceptors (Lipinski definition) is 7. The molecule has 25 heavy (non-hydrogen) atoms. The summed E-state index contributed by atoms with van der Waals surface area (Å²) >= 11 is 0. The van der Waals surface area contributed by atoms with Crippen molar-refractivity contribution in [2.24, 2.45) is 0 Å². The summed E-state index contributed by atoms with van der Waals surface area (Å²) in [7, 11) is 0.